The Balaban J connectivity index is 0.000000807. The topological polar surface area (TPSA) is 70.6 Å². The van der Waals surface area contributed by atoms with Crippen molar-refractivity contribution in [2.24, 2.45) is 10.7 Å². The van der Waals surface area contributed by atoms with E-state index in [9.17, 15) is 0 Å². The molecule has 4 rings (SSSR count). The van der Waals surface area contributed by atoms with Gasteiger partial charge in [0.1, 0.15) is 0 Å². The second-order valence-electron chi connectivity index (χ2n) is 6.65. The molecule has 6 nitrogen and oxygen atoms in total. The van der Waals surface area contributed by atoms with Crippen LogP contribution in [0.4, 0.5) is 11.6 Å². The van der Waals surface area contributed by atoms with Gasteiger partial charge in [0.15, 0.2) is 0 Å². The number of hydrogen-bond donors (Lipinski definition) is 1. The number of piperazine rings is 1. The van der Waals surface area contributed by atoms with Crippen molar-refractivity contribution in [3.63, 3.8) is 0 Å². The second-order valence-corrected chi connectivity index (χ2v) is 7.09. The van der Waals surface area contributed by atoms with Gasteiger partial charge in [-0.25, -0.2) is 15.0 Å². The first-order valence-electron chi connectivity index (χ1n) is 10.9. The first kappa shape index (κ1) is 24.6. The van der Waals surface area contributed by atoms with Gasteiger partial charge in [-0.2, -0.15) is 0 Å². The molecule has 31 heavy (non-hydrogen) atoms. The number of nitrogens with zero attached hydrogens (tertiary/aromatic N) is 5. The third-order valence-electron chi connectivity index (χ3n) is 4.82. The van der Waals surface area contributed by atoms with Crippen LogP contribution in [0.25, 0.3) is 22.2 Å². The first-order chi connectivity index (χ1) is 15.1. The highest BCUT2D eigenvalue weighted by Gasteiger charge is 2.16. The van der Waals surface area contributed by atoms with Crippen molar-refractivity contribution in [3.8, 4) is 11.3 Å². The molecular formula is C24H33ClN6. The molecule has 0 radical (unpaired) electrons. The first-order valence-corrected chi connectivity index (χ1v) is 11.3. The highest BCUT2D eigenvalue weighted by atomic mass is 35.5. The van der Waals surface area contributed by atoms with Crippen LogP contribution < -0.4 is 10.6 Å². The van der Waals surface area contributed by atoms with E-state index >= 15 is 0 Å². The Labute approximate surface area is 190 Å². The standard InChI is InChI=1S/C20H21ClN6.2C2H6/c1-26-7-9-27(10-8-26)16-4-2-3-14(11-16)19-17-12-15(21)5-6-18(17)24-20(25-19)23-13-22;2*1-2/h2-6,11-13H,7-10H2,1H3,(H2,22,23,24,25);2*1-2H3. The Bertz CT molecular complexity index is 997. The molecule has 0 unspecified atom stereocenters. The highest BCUT2D eigenvalue weighted by Crippen LogP contribution is 2.32. The molecule has 0 aliphatic carbocycles. The molecule has 166 valence electrons. The highest BCUT2D eigenvalue weighted by molar-refractivity contribution is 6.31. The molecule has 0 saturated carbocycles. The van der Waals surface area contributed by atoms with E-state index in [-0.39, 0.29) is 0 Å². The number of benzene rings is 2. The fraction of sp³-hybridized carbons (Fsp3) is 0.375. The Morgan fingerprint density at radius 3 is 2.35 bits per heavy atom. The summed E-state index contributed by atoms with van der Waals surface area (Å²) in [5.41, 5.74) is 9.24. The van der Waals surface area contributed by atoms with Crippen molar-refractivity contribution in [2.75, 3.05) is 38.1 Å². The minimum absolute atomic E-state index is 0.340. The van der Waals surface area contributed by atoms with Crippen LogP contribution in [0.2, 0.25) is 5.02 Å². The summed E-state index contributed by atoms with van der Waals surface area (Å²) in [6.07, 6.45) is 1.21. The quantitative estimate of drug-likeness (QED) is 0.437. The van der Waals surface area contributed by atoms with Gasteiger partial charge in [0.05, 0.1) is 17.5 Å². The Morgan fingerprint density at radius 2 is 1.68 bits per heavy atom. The summed E-state index contributed by atoms with van der Waals surface area (Å²) in [6.45, 7) is 12.1. The number of aliphatic imine (C=N–C) groups is 1. The van der Waals surface area contributed by atoms with Crippen molar-refractivity contribution in [1.82, 2.24) is 14.9 Å². The van der Waals surface area contributed by atoms with E-state index in [0.29, 0.717) is 11.0 Å². The van der Waals surface area contributed by atoms with Crippen LogP contribution in [0.5, 0.6) is 0 Å². The second kappa shape index (κ2) is 12.2. The van der Waals surface area contributed by atoms with Gasteiger partial charge in [0, 0.05) is 47.8 Å². The van der Waals surface area contributed by atoms with Crippen molar-refractivity contribution in [1.29, 1.82) is 0 Å². The lowest BCUT2D eigenvalue weighted by Gasteiger charge is -2.34. The van der Waals surface area contributed by atoms with E-state index < -0.39 is 0 Å². The predicted molar refractivity (Wildman–Crippen MR) is 135 cm³/mol. The lowest BCUT2D eigenvalue weighted by molar-refractivity contribution is 0.313. The van der Waals surface area contributed by atoms with Crippen LogP contribution in [0, 0.1) is 0 Å². The van der Waals surface area contributed by atoms with Gasteiger partial charge in [-0.3, -0.25) is 0 Å². The maximum absolute atomic E-state index is 6.23. The number of rotatable bonds is 3. The van der Waals surface area contributed by atoms with Gasteiger partial charge < -0.3 is 15.5 Å². The lowest BCUT2D eigenvalue weighted by atomic mass is 10.1. The minimum atomic E-state index is 0.340. The number of aromatic nitrogens is 2. The zero-order chi connectivity index (χ0) is 22.8. The number of halogens is 1. The molecule has 2 heterocycles. The van der Waals surface area contributed by atoms with E-state index in [2.05, 4.69) is 56.1 Å². The van der Waals surface area contributed by atoms with Gasteiger partial charge >= 0.3 is 0 Å². The van der Waals surface area contributed by atoms with E-state index in [1.165, 1.54) is 12.0 Å². The Hall–Kier alpha value is -2.70. The van der Waals surface area contributed by atoms with E-state index in [1.54, 1.807) is 0 Å². The number of nitrogens with two attached hydrogens (primary N) is 1. The maximum atomic E-state index is 6.23. The van der Waals surface area contributed by atoms with Crippen LogP contribution >= 0.6 is 11.6 Å². The summed E-state index contributed by atoms with van der Waals surface area (Å²) >= 11 is 6.23. The number of hydrogen-bond acceptors (Lipinski definition) is 5. The molecule has 1 saturated heterocycles. The smallest absolute Gasteiger partial charge is 0.251 e. The van der Waals surface area contributed by atoms with Crippen LogP contribution in [-0.2, 0) is 0 Å². The Kier molecular flexibility index (Phi) is 9.69. The van der Waals surface area contributed by atoms with E-state index in [4.69, 9.17) is 17.3 Å². The summed E-state index contributed by atoms with van der Waals surface area (Å²) in [6, 6.07) is 14.0. The van der Waals surface area contributed by atoms with Gasteiger partial charge in [-0.15, -0.1) is 0 Å². The fourth-order valence-corrected chi connectivity index (χ4v) is 3.52. The van der Waals surface area contributed by atoms with Crippen molar-refractivity contribution in [3.05, 3.63) is 47.5 Å². The fourth-order valence-electron chi connectivity index (χ4n) is 3.35. The molecule has 2 N–H and O–H groups in total. The SMILES string of the molecule is CC.CC.CN1CCN(c2cccc(-c3nc(/N=C/N)nc4ccc(Cl)cc34)c2)CC1. The van der Waals surface area contributed by atoms with Crippen LogP contribution in [0.1, 0.15) is 27.7 Å². The van der Waals surface area contributed by atoms with Gasteiger partial charge in [0.2, 0.25) is 0 Å². The monoisotopic (exact) mass is 440 g/mol. The van der Waals surface area contributed by atoms with E-state index in [1.807, 2.05) is 45.9 Å². The summed E-state index contributed by atoms with van der Waals surface area (Å²) in [5, 5.41) is 1.55. The molecular weight excluding hydrogens is 408 g/mol. The summed E-state index contributed by atoms with van der Waals surface area (Å²) < 4.78 is 0. The molecule has 0 spiro atoms. The molecule has 1 aliphatic rings. The average Bonchev–Trinajstić information content (AvgIpc) is 2.82. The summed E-state index contributed by atoms with van der Waals surface area (Å²) in [5.74, 6) is 0.340. The summed E-state index contributed by atoms with van der Waals surface area (Å²) in [4.78, 5) is 17.9. The normalized spacial score (nSPS) is 14.1. The molecule has 7 heteroatoms. The molecule has 2 aromatic carbocycles. The van der Waals surface area contributed by atoms with Crippen molar-refractivity contribution in [2.45, 2.75) is 27.7 Å². The molecule has 1 aliphatic heterocycles. The van der Waals surface area contributed by atoms with Crippen molar-refractivity contribution >= 4 is 40.5 Å². The zero-order valence-corrected chi connectivity index (χ0v) is 19.9. The van der Waals surface area contributed by atoms with Crippen LogP contribution in [0.3, 0.4) is 0 Å². The molecule has 3 aromatic rings. The third kappa shape index (κ3) is 6.15. The van der Waals surface area contributed by atoms with Gasteiger partial charge in [0.25, 0.3) is 5.95 Å². The number of anilines is 1. The molecule has 1 fully saturated rings. The van der Waals surface area contributed by atoms with Crippen LogP contribution in [-0.4, -0.2) is 54.4 Å². The molecule has 0 atom stereocenters. The summed E-state index contributed by atoms with van der Waals surface area (Å²) in [7, 11) is 2.16. The van der Waals surface area contributed by atoms with Crippen molar-refractivity contribution < 1.29 is 0 Å². The predicted octanol–water partition coefficient (Wildman–Crippen LogP) is 5.37. The average molecular weight is 441 g/mol. The maximum Gasteiger partial charge on any atom is 0.251 e. The minimum Gasteiger partial charge on any atom is -0.390 e. The lowest BCUT2D eigenvalue weighted by Crippen LogP contribution is -2.44. The molecule has 0 amide bonds. The molecule has 1 aromatic heterocycles. The van der Waals surface area contributed by atoms with E-state index in [0.717, 1.165) is 48.3 Å². The third-order valence-corrected chi connectivity index (χ3v) is 5.06. The molecule has 0 bridgehead atoms. The number of fused-ring (bicyclic) bond motifs is 1. The Morgan fingerprint density at radius 1 is 0.968 bits per heavy atom. The largest absolute Gasteiger partial charge is 0.390 e. The number of likely N-dealkylation sites (N-methyl/N-ethyl adjacent to an activating group) is 1. The van der Waals surface area contributed by atoms with Gasteiger partial charge in [-0.05, 0) is 37.4 Å². The van der Waals surface area contributed by atoms with Crippen LogP contribution in [0.15, 0.2) is 47.5 Å². The van der Waals surface area contributed by atoms with Gasteiger partial charge in [-0.1, -0.05) is 51.4 Å². The zero-order valence-electron chi connectivity index (χ0n) is 19.1.